The third-order valence-corrected chi connectivity index (χ3v) is 6.93. The number of aliphatic carboxylic acids is 1. The molecule has 8 heteroatoms. The fourth-order valence-electron chi connectivity index (χ4n) is 4.47. The van der Waals surface area contributed by atoms with Crippen LogP contribution in [0.15, 0.2) is 50.0 Å². The van der Waals surface area contributed by atoms with Crippen LogP contribution in [0.25, 0.3) is 33.1 Å². The van der Waals surface area contributed by atoms with E-state index in [4.69, 9.17) is 8.83 Å². The number of fused-ring (bicyclic) bond motifs is 2. The number of carbonyl (C=O) groups excluding carboxylic acids is 1. The molecule has 2 aromatic heterocycles. The molecule has 1 atom stereocenters. The molecule has 4 rings (SSSR count). The largest absolute Gasteiger partial charge is 0.480 e. The molecule has 0 radical (unpaired) electrons. The van der Waals surface area contributed by atoms with Gasteiger partial charge < -0.3 is 19.3 Å². The van der Waals surface area contributed by atoms with Gasteiger partial charge in [-0.05, 0) is 50.6 Å². The third kappa shape index (κ3) is 4.71. The van der Waals surface area contributed by atoms with Gasteiger partial charge in [-0.25, -0.2) is 9.59 Å². The standard InChI is InChI=1S/C27H27NO6S/c1-14-18(10-11-22(29)28-21(13-35-4)26(30)31)27(32)34-24-15(2)25-20(12-19(14)24)23(16(3)33-25)17-8-6-5-7-9-17/h5-9,12,21H,10-11,13H2,1-4H3,(H,28,29)(H,30,31). The Labute approximate surface area is 206 Å². The summed E-state index contributed by atoms with van der Waals surface area (Å²) in [6.45, 7) is 5.64. The SMILES string of the molecule is CSCC(NC(=O)CCc1c(C)c2cc3c(-c4ccccc4)c(C)oc3c(C)c2oc1=O)C(=O)O. The monoisotopic (exact) mass is 493 g/mol. The van der Waals surface area contributed by atoms with E-state index < -0.39 is 23.5 Å². The van der Waals surface area contributed by atoms with Gasteiger partial charge in [0.2, 0.25) is 5.91 Å². The fourth-order valence-corrected chi connectivity index (χ4v) is 5.03. The van der Waals surface area contributed by atoms with Gasteiger partial charge in [0, 0.05) is 39.6 Å². The van der Waals surface area contributed by atoms with Gasteiger partial charge in [-0.3, -0.25) is 4.79 Å². The van der Waals surface area contributed by atoms with Crippen molar-refractivity contribution in [2.24, 2.45) is 0 Å². The molecule has 0 aliphatic heterocycles. The Kier molecular flexibility index (Phi) is 7.03. The lowest BCUT2D eigenvalue weighted by Crippen LogP contribution is -2.42. The minimum Gasteiger partial charge on any atom is -0.480 e. The summed E-state index contributed by atoms with van der Waals surface area (Å²) in [5.41, 5.74) is 4.56. The molecular formula is C27H27NO6S. The molecule has 7 nitrogen and oxygen atoms in total. The zero-order valence-electron chi connectivity index (χ0n) is 20.1. The van der Waals surface area contributed by atoms with E-state index in [1.165, 1.54) is 11.8 Å². The highest BCUT2D eigenvalue weighted by atomic mass is 32.2. The number of carboxylic acids is 1. The molecule has 1 amide bonds. The zero-order valence-corrected chi connectivity index (χ0v) is 20.9. The molecule has 0 bridgehead atoms. The van der Waals surface area contributed by atoms with E-state index in [0.29, 0.717) is 16.7 Å². The first kappa shape index (κ1) is 24.6. The van der Waals surface area contributed by atoms with Crippen LogP contribution in [0.1, 0.15) is 28.9 Å². The molecule has 1 unspecified atom stereocenters. The molecule has 0 spiro atoms. The molecule has 35 heavy (non-hydrogen) atoms. The van der Waals surface area contributed by atoms with E-state index in [9.17, 15) is 19.5 Å². The predicted molar refractivity (Wildman–Crippen MR) is 138 cm³/mol. The molecular weight excluding hydrogens is 466 g/mol. The number of hydrogen-bond donors (Lipinski definition) is 2. The van der Waals surface area contributed by atoms with Crippen LogP contribution in [-0.2, 0) is 16.0 Å². The number of benzene rings is 2. The third-order valence-electron chi connectivity index (χ3n) is 6.26. The maximum atomic E-state index is 12.9. The average molecular weight is 494 g/mol. The van der Waals surface area contributed by atoms with Crippen LogP contribution in [0.4, 0.5) is 0 Å². The van der Waals surface area contributed by atoms with Crippen molar-refractivity contribution in [3.05, 3.63) is 69.3 Å². The zero-order chi connectivity index (χ0) is 25.3. The number of thioether (sulfide) groups is 1. The Bertz CT molecular complexity index is 1490. The molecule has 2 aromatic carbocycles. The number of rotatable bonds is 8. The van der Waals surface area contributed by atoms with E-state index in [1.807, 2.05) is 57.2 Å². The first-order valence-corrected chi connectivity index (χ1v) is 12.7. The highest BCUT2D eigenvalue weighted by Crippen LogP contribution is 2.39. The highest BCUT2D eigenvalue weighted by Gasteiger charge is 2.22. The molecule has 0 saturated heterocycles. The van der Waals surface area contributed by atoms with Crippen molar-refractivity contribution in [3.63, 3.8) is 0 Å². The summed E-state index contributed by atoms with van der Waals surface area (Å²) in [6.07, 6.45) is 1.90. The van der Waals surface area contributed by atoms with Gasteiger partial charge in [0.1, 0.15) is 23.0 Å². The lowest BCUT2D eigenvalue weighted by Gasteiger charge is -2.14. The second kappa shape index (κ2) is 10.00. The number of nitrogens with one attached hydrogen (secondary N) is 1. The van der Waals surface area contributed by atoms with Crippen molar-refractivity contribution in [1.29, 1.82) is 0 Å². The van der Waals surface area contributed by atoms with Crippen molar-refractivity contribution in [1.82, 2.24) is 5.32 Å². The predicted octanol–water partition coefficient (Wildman–Crippen LogP) is 5.00. The van der Waals surface area contributed by atoms with Crippen LogP contribution < -0.4 is 10.9 Å². The van der Waals surface area contributed by atoms with Crippen LogP contribution in [0.3, 0.4) is 0 Å². The van der Waals surface area contributed by atoms with Gasteiger partial charge in [-0.1, -0.05) is 30.3 Å². The second-order valence-corrected chi connectivity index (χ2v) is 9.47. The number of amides is 1. The Balaban J connectivity index is 1.74. The summed E-state index contributed by atoms with van der Waals surface area (Å²) in [4.78, 5) is 36.6. The fraction of sp³-hybridized carbons (Fsp3) is 0.296. The summed E-state index contributed by atoms with van der Waals surface area (Å²) in [6, 6.07) is 11.0. The van der Waals surface area contributed by atoms with Gasteiger partial charge in [0.25, 0.3) is 0 Å². The van der Waals surface area contributed by atoms with Gasteiger partial charge in [-0.2, -0.15) is 11.8 Å². The Morgan fingerprint density at radius 2 is 1.71 bits per heavy atom. The topological polar surface area (TPSA) is 110 Å². The number of carboxylic acid groups (broad SMARTS) is 1. The minimum atomic E-state index is -1.08. The minimum absolute atomic E-state index is 0.0173. The summed E-state index contributed by atoms with van der Waals surface area (Å²) >= 11 is 1.34. The first-order chi connectivity index (χ1) is 16.7. The van der Waals surface area contributed by atoms with Gasteiger partial charge in [-0.15, -0.1) is 0 Å². The van der Waals surface area contributed by atoms with Crippen LogP contribution in [0.2, 0.25) is 0 Å². The molecule has 4 aromatic rings. The quantitative estimate of drug-likeness (QED) is 0.333. The molecule has 182 valence electrons. The van der Waals surface area contributed by atoms with Crippen molar-refractivity contribution in [2.45, 2.75) is 39.7 Å². The summed E-state index contributed by atoms with van der Waals surface area (Å²) < 4.78 is 11.8. The van der Waals surface area contributed by atoms with Crippen LogP contribution in [0, 0.1) is 20.8 Å². The molecule has 0 saturated carbocycles. The first-order valence-electron chi connectivity index (χ1n) is 11.3. The number of furan rings is 1. The van der Waals surface area contributed by atoms with Crippen molar-refractivity contribution >= 4 is 45.6 Å². The molecule has 0 aliphatic carbocycles. The van der Waals surface area contributed by atoms with Crippen molar-refractivity contribution in [2.75, 3.05) is 12.0 Å². The maximum absolute atomic E-state index is 12.9. The lowest BCUT2D eigenvalue weighted by atomic mass is 9.96. The lowest BCUT2D eigenvalue weighted by molar-refractivity contribution is -0.141. The molecule has 0 aliphatic rings. The van der Waals surface area contributed by atoms with Gasteiger partial charge in [0.05, 0.1) is 0 Å². The maximum Gasteiger partial charge on any atom is 0.339 e. The second-order valence-electron chi connectivity index (χ2n) is 8.56. The van der Waals surface area contributed by atoms with E-state index in [0.717, 1.165) is 38.8 Å². The van der Waals surface area contributed by atoms with Crippen LogP contribution in [-0.4, -0.2) is 35.0 Å². The average Bonchev–Trinajstić information content (AvgIpc) is 3.16. The Morgan fingerprint density at radius 3 is 2.37 bits per heavy atom. The number of hydrogen-bond acceptors (Lipinski definition) is 6. The van der Waals surface area contributed by atoms with Crippen molar-refractivity contribution in [3.8, 4) is 11.1 Å². The Morgan fingerprint density at radius 1 is 1.03 bits per heavy atom. The van der Waals surface area contributed by atoms with Crippen LogP contribution in [0.5, 0.6) is 0 Å². The number of aryl methyl sites for hydroxylation is 3. The van der Waals surface area contributed by atoms with Gasteiger partial charge in [0.15, 0.2) is 0 Å². The smallest absolute Gasteiger partial charge is 0.339 e. The molecule has 2 N–H and O–H groups in total. The highest BCUT2D eigenvalue weighted by molar-refractivity contribution is 7.98. The Hall–Kier alpha value is -3.52. The van der Waals surface area contributed by atoms with E-state index in [-0.39, 0.29) is 18.6 Å². The van der Waals surface area contributed by atoms with Gasteiger partial charge >= 0.3 is 11.6 Å². The number of carbonyl (C=O) groups is 2. The van der Waals surface area contributed by atoms with Crippen molar-refractivity contribution < 1.29 is 23.5 Å². The van der Waals surface area contributed by atoms with E-state index >= 15 is 0 Å². The normalized spacial score (nSPS) is 12.2. The van der Waals surface area contributed by atoms with E-state index in [1.54, 1.807) is 6.26 Å². The molecule has 2 heterocycles. The molecule has 0 fully saturated rings. The summed E-state index contributed by atoms with van der Waals surface area (Å²) in [5, 5.41) is 13.5. The summed E-state index contributed by atoms with van der Waals surface area (Å²) in [7, 11) is 0. The summed E-state index contributed by atoms with van der Waals surface area (Å²) in [5.74, 6) is -0.465. The van der Waals surface area contributed by atoms with Crippen LogP contribution >= 0.6 is 11.8 Å². The van der Waals surface area contributed by atoms with E-state index in [2.05, 4.69) is 5.32 Å².